The molecule has 0 aliphatic heterocycles. The summed E-state index contributed by atoms with van der Waals surface area (Å²) in [6.45, 7) is 4.22. The third-order valence-corrected chi connectivity index (χ3v) is 4.14. The highest BCUT2D eigenvalue weighted by molar-refractivity contribution is 7.98. The third-order valence-electron chi connectivity index (χ3n) is 3.42. The molecule has 0 heterocycles. The van der Waals surface area contributed by atoms with Crippen LogP contribution in [0.2, 0.25) is 0 Å². The van der Waals surface area contributed by atoms with Crippen LogP contribution in [-0.2, 0) is 6.54 Å². The fraction of sp³-hybridized carbons (Fsp3) is 0.263. The molecule has 6 heteroatoms. The SMILES string of the molecule is CSc1cccc(NC(=O)c2ccc(CNC(=O)NC(C)C)cc2)c1. The molecule has 0 spiro atoms. The summed E-state index contributed by atoms with van der Waals surface area (Å²) in [5, 5.41) is 8.43. The number of carbonyl (C=O) groups excluding carboxylic acids is 2. The second kappa shape index (κ2) is 9.13. The third kappa shape index (κ3) is 6.15. The molecule has 0 bridgehead atoms. The van der Waals surface area contributed by atoms with E-state index < -0.39 is 0 Å². The first kappa shape index (κ1) is 18.9. The molecule has 0 atom stereocenters. The van der Waals surface area contributed by atoms with Crippen LogP contribution >= 0.6 is 11.8 Å². The molecule has 2 rings (SSSR count). The number of urea groups is 1. The van der Waals surface area contributed by atoms with Gasteiger partial charge >= 0.3 is 6.03 Å². The highest BCUT2D eigenvalue weighted by atomic mass is 32.2. The minimum atomic E-state index is -0.203. The minimum absolute atomic E-state index is 0.0932. The molecule has 0 radical (unpaired) electrons. The molecule has 25 heavy (non-hydrogen) atoms. The van der Waals surface area contributed by atoms with Gasteiger partial charge in [0.2, 0.25) is 0 Å². The lowest BCUT2D eigenvalue weighted by atomic mass is 10.1. The number of anilines is 1. The Balaban J connectivity index is 1.92. The van der Waals surface area contributed by atoms with E-state index in [2.05, 4.69) is 16.0 Å². The largest absolute Gasteiger partial charge is 0.336 e. The molecule has 3 N–H and O–H groups in total. The molecule has 132 valence electrons. The Labute approximate surface area is 152 Å². The lowest BCUT2D eigenvalue weighted by Gasteiger charge is -2.10. The van der Waals surface area contributed by atoms with Gasteiger partial charge in [0.1, 0.15) is 0 Å². The zero-order valence-corrected chi connectivity index (χ0v) is 15.4. The second-order valence-corrected chi connectivity index (χ2v) is 6.74. The van der Waals surface area contributed by atoms with Crippen molar-refractivity contribution in [2.45, 2.75) is 31.3 Å². The van der Waals surface area contributed by atoms with Gasteiger partial charge in [0.15, 0.2) is 0 Å². The molecule has 0 fully saturated rings. The van der Waals surface area contributed by atoms with Gasteiger partial charge in [0.25, 0.3) is 5.91 Å². The Bertz CT molecular complexity index is 730. The van der Waals surface area contributed by atoms with Crippen LogP contribution < -0.4 is 16.0 Å². The maximum atomic E-state index is 12.3. The van der Waals surface area contributed by atoms with Crippen LogP contribution in [0.5, 0.6) is 0 Å². The smallest absolute Gasteiger partial charge is 0.315 e. The van der Waals surface area contributed by atoms with E-state index in [4.69, 9.17) is 0 Å². The summed E-state index contributed by atoms with van der Waals surface area (Å²) in [5.41, 5.74) is 2.28. The van der Waals surface area contributed by atoms with Crippen LogP contribution in [0.1, 0.15) is 29.8 Å². The fourth-order valence-electron chi connectivity index (χ4n) is 2.17. The molecular weight excluding hydrogens is 334 g/mol. The van der Waals surface area contributed by atoms with Gasteiger partial charge in [-0.25, -0.2) is 4.79 Å². The van der Waals surface area contributed by atoms with E-state index in [-0.39, 0.29) is 18.0 Å². The van der Waals surface area contributed by atoms with Gasteiger partial charge in [-0.05, 0) is 56.0 Å². The van der Waals surface area contributed by atoms with Crippen molar-refractivity contribution < 1.29 is 9.59 Å². The van der Waals surface area contributed by atoms with E-state index in [0.717, 1.165) is 16.1 Å². The molecule has 0 saturated carbocycles. The summed E-state index contributed by atoms with van der Waals surface area (Å²) in [7, 11) is 0. The molecule has 2 aromatic carbocycles. The molecule has 0 aromatic heterocycles. The lowest BCUT2D eigenvalue weighted by molar-refractivity contribution is 0.102. The van der Waals surface area contributed by atoms with E-state index in [1.54, 1.807) is 23.9 Å². The van der Waals surface area contributed by atoms with E-state index in [1.165, 1.54) is 0 Å². The lowest BCUT2D eigenvalue weighted by Crippen LogP contribution is -2.39. The average Bonchev–Trinajstić information content (AvgIpc) is 2.60. The van der Waals surface area contributed by atoms with E-state index in [9.17, 15) is 9.59 Å². The second-order valence-electron chi connectivity index (χ2n) is 5.86. The molecule has 0 unspecified atom stereocenters. The van der Waals surface area contributed by atoms with Crippen LogP contribution in [0.25, 0.3) is 0 Å². The highest BCUT2D eigenvalue weighted by Gasteiger charge is 2.07. The molecular formula is C19H23N3O2S. The Hall–Kier alpha value is -2.47. The van der Waals surface area contributed by atoms with Crippen LogP contribution in [-0.4, -0.2) is 24.2 Å². The van der Waals surface area contributed by atoms with Crippen LogP contribution in [0.4, 0.5) is 10.5 Å². The average molecular weight is 357 g/mol. The normalized spacial score (nSPS) is 10.4. The van der Waals surface area contributed by atoms with Crippen molar-refractivity contribution in [2.75, 3.05) is 11.6 Å². The van der Waals surface area contributed by atoms with E-state index in [0.29, 0.717) is 12.1 Å². The maximum absolute atomic E-state index is 12.3. The summed E-state index contributed by atoms with van der Waals surface area (Å²) in [4.78, 5) is 25.0. The zero-order valence-electron chi connectivity index (χ0n) is 14.6. The monoisotopic (exact) mass is 357 g/mol. The van der Waals surface area contributed by atoms with Crippen molar-refractivity contribution in [1.82, 2.24) is 10.6 Å². The zero-order chi connectivity index (χ0) is 18.2. The van der Waals surface area contributed by atoms with Gasteiger partial charge in [0.05, 0.1) is 0 Å². The predicted molar refractivity (Wildman–Crippen MR) is 103 cm³/mol. The molecule has 0 aliphatic carbocycles. The van der Waals surface area contributed by atoms with Crippen molar-refractivity contribution in [1.29, 1.82) is 0 Å². The molecule has 5 nitrogen and oxygen atoms in total. The molecule has 3 amide bonds. The standard InChI is InChI=1S/C19H23N3O2S/c1-13(2)21-19(24)20-12-14-7-9-15(10-8-14)18(23)22-16-5-4-6-17(11-16)25-3/h4-11,13H,12H2,1-3H3,(H,22,23)(H2,20,21,24). The van der Waals surface area contributed by atoms with Gasteiger partial charge in [-0.2, -0.15) is 0 Å². The van der Waals surface area contributed by atoms with Crippen molar-refractivity contribution >= 4 is 29.4 Å². The maximum Gasteiger partial charge on any atom is 0.315 e. The highest BCUT2D eigenvalue weighted by Crippen LogP contribution is 2.19. The summed E-state index contributed by atoms with van der Waals surface area (Å²) in [6.07, 6.45) is 2.00. The van der Waals surface area contributed by atoms with Crippen LogP contribution in [0, 0.1) is 0 Å². The number of carbonyl (C=O) groups is 2. The molecule has 2 aromatic rings. The molecule has 0 saturated heterocycles. The molecule has 0 aliphatic rings. The van der Waals surface area contributed by atoms with Gasteiger partial charge < -0.3 is 16.0 Å². The number of benzene rings is 2. The van der Waals surface area contributed by atoms with Gasteiger partial charge in [-0.15, -0.1) is 11.8 Å². The minimum Gasteiger partial charge on any atom is -0.336 e. The fourth-order valence-corrected chi connectivity index (χ4v) is 2.63. The van der Waals surface area contributed by atoms with Crippen molar-refractivity contribution in [2.24, 2.45) is 0 Å². The number of nitrogens with one attached hydrogen (secondary N) is 3. The van der Waals surface area contributed by atoms with Crippen LogP contribution in [0.3, 0.4) is 0 Å². The first-order valence-corrected chi connectivity index (χ1v) is 9.29. The Kier molecular flexibility index (Phi) is 6.89. The first-order chi connectivity index (χ1) is 12.0. The summed E-state index contributed by atoms with van der Waals surface area (Å²) >= 11 is 1.63. The summed E-state index contributed by atoms with van der Waals surface area (Å²) in [6, 6.07) is 14.8. The van der Waals surface area contributed by atoms with Gasteiger partial charge in [-0.1, -0.05) is 18.2 Å². The van der Waals surface area contributed by atoms with Crippen molar-refractivity contribution in [3.05, 3.63) is 59.7 Å². The van der Waals surface area contributed by atoms with E-state index >= 15 is 0 Å². The number of thioether (sulfide) groups is 1. The van der Waals surface area contributed by atoms with Gasteiger partial charge in [0, 0.05) is 28.7 Å². The number of hydrogen-bond donors (Lipinski definition) is 3. The Morgan fingerprint density at radius 2 is 1.80 bits per heavy atom. The van der Waals surface area contributed by atoms with Crippen LogP contribution in [0.15, 0.2) is 53.4 Å². The first-order valence-electron chi connectivity index (χ1n) is 8.06. The topological polar surface area (TPSA) is 70.2 Å². The summed E-state index contributed by atoms with van der Waals surface area (Å²) < 4.78 is 0. The van der Waals surface area contributed by atoms with Gasteiger partial charge in [-0.3, -0.25) is 4.79 Å². The quantitative estimate of drug-likeness (QED) is 0.687. The number of rotatable bonds is 6. The van der Waals surface area contributed by atoms with Crippen molar-refractivity contribution in [3.63, 3.8) is 0 Å². The predicted octanol–water partition coefficient (Wildman–Crippen LogP) is 3.87. The van der Waals surface area contributed by atoms with E-state index in [1.807, 2.05) is 56.5 Å². The Morgan fingerprint density at radius 3 is 2.44 bits per heavy atom. The number of amides is 3. The Morgan fingerprint density at radius 1 is 1.08 bits per heavy atom. The summed E-state index contributed by atoms with van der Waals surface area (Å²) in [5.74, 6) is -0.157. The van der Waals surface area contributed by atoms with Crippen molar-refractivity contribution in [3.8, 4) is 0 Å². The number of hydrogen-bond acceptors (Lipinski definition) is 3.